The van der Waals surface area contributed by atoms with Gasteiger partial charge in [-0.05, 0) is 42.0 Å². The highest BCUT2D eigenvalue weighted by Gasteiger charge is 2.33. The predicted molar refractivity (Wildman–Crippen MR) is 135 cm³/mol. The molecule has 0 bridgehead atoms. The predicted octanol–water partition coefficient (Wildman–Crippen LogP) is 4.00. The Bertz CT molecular complexity index is 1270. The number of anilines is 4. The van der Waals surface area contributed by atoms with Crippen molar-refractivity contribution in [2.24, 2.45) is 5.73 Å². The summed E-state index contributed by atoms with van der Waals surface area (Å²) in [5.74, 6) is 2.60. The van der Waals surface area contributed by atoms with E-state index in [1.54, 1.807) is 6.20 Å². The first-order valence-electron chi connectivity index (χ1n) is 12.2. The largest absolute Gasteiger partial charge is 0.477 e. The van der Waals surface area contributed by atoms with Crippen molar-refractivity contribution in [3.8, 4) is 5.88 Å². The maximum Gasteiger partial charge on any atom is 0.415 e. The van der Waals surface area contributed by atoms with Crippen molar-refractivity contribution in [1.82, 2.24) is 15.0 Å². The molecular formula is C25H31N7O3. The number of hydrogen-bond donors (Lipinski definition) is 3. The van der Waals surface area contributed by atoms with Crippen LogP contribution in [0.15, 0.2) is 24.4 Å². The number of pyridine rings is 3. The van der Waals surface area contributed by atoms with E-state index >= 15 is 0 Å². The number of cyclic esters (lactones) is 1. The molecule has 2 aliphatic rings. The highest BCUT2D eigenvalue weighted by atomic mass is 16.6. The monoisotopic (exact) mass is 477 g/mol. The molecule has 0 unspecified atom stereocenters. The van der Waals surface area contributed by atoms with Crippen molar-refractivity contribution in [3.05, 3.63) is 35.5 Å². The maximum atomic E-state index is 12.0. The van der Waals surface area contributed by atoms with Crippen molar-refractivity contribution in [3.63, 3.8) is 0 Å². The molecule has 10 heteroatoms. The number of aromatic nitrogens is 3. The Morgan fingerprint density at radius 2 is 1.89 bits per heavy atom. The van der Waals surface area contributed by atoms with E-state index in [9.17, 15) is 4.79 Å². The molecule has 10 nitrogen and oxygen atoms in total. The van der Waals surface area contributed by atoms with E-state index in [0.29, 0.717) is 54.3 Å². The number of fused-ring (bicyclic) bond motifs is 2. The third kappa shape index (κ3) is 4.29. The lowest BCUT2D eigenvalue weighted by molar-refractivity contribution is 0.181. The Hall–Kier alpha value is -3.66. The van der Waals surface area contributed by atoms with Crippen LogP contribution in [0.4, 0.5) is 28.1 Å². The zero-order valence-electron chi connectivity index (χ0n) is 20.1. The van der Waals surface area contributed by atoms with Gasteiger partial charge in [0.25, 0.3) is 0 Å². The average Bonchev–Trinajstić information content (AvgIpc) is 3.47. The smallest absolute Gasteiger partial charge is 0.415 e. The summed E-state index contributed by atoms with van der Waals surface area (Å²) in [6.45, 7) is 5.68. The van der Waals surface area contributed by atoms with Crippen LogP contribution in [-0.4, -0.2) is 40.8 Å². The minimum Gasteiger partial charge on any atom is -0.477 e. The summed E-state index contributed by atoms with van der Waals surface area (Å²) < 4.78 is 10.9. The van der Waals surface area contributed by atoms with Crippen molar-refractivity contribution < 1.29 is 14.3 Å². The first-order chi connectivity index (χ1) is 16.9. The summed E-state index contributed by atoms with van der Waals surface area (Å²) in [5.41, 5.74) is 14.9. The van der Waals surface area contributed by atoms with Crippen LogP contribution in [0.3, 0.4) is 0 Å². The summed E-state index contributed by atoms with van der Waals surface area (Å²) in [6.07, 6.45) is 5.81. The van der Waals surface area contributed by atoms with Crippen LogP contribution in [0.2, 0.25) is 0 Å². The highest BCUT2D eigenvalue weighted by molar-refractivity contribution is 5.97. The van der Waals surface area contributed by atoms with Crippen molar-refractivity contribution in [2.45, 2.75) is 51.5 Å². The second kappa shape index (κ2) is 9.18. The van der Waals surface area contributed by atoms with E-state index in [4.69, 9.17) is 25.9 Å². The number of nitrogen functional groups attached to an aromatic ring is 1. The molecule has 0 aromatic carbocycles. The summed E-state index contributed by atoms with van der Waals surface area (Å²) in [7, 11) is 0. The second-order valence-corrected chi connectivity index (χ2v) is 9.14. The van der Waals surface area contributed by atoms with Crippen molar-refractivity contribution in [2.75, 3.05) is 35.7 Å². The van der Waals surface area contributed by atoms with Gasteiger partial charge in [-0.1, -0.05) is 26.7 Å². The van der Waals surface area contributed by atoms with Gasteiger partial charge < -0.3 is 26.3 Å². The number of nitrogens with one attached hydrogen (secondary N) is 1. The quantitative estimate of drug-likeness (QED) is 0.439. The maximum absolute atomic E-state index is 12.0. The molecule has 3 aromatic heterocycles. The zero-order chi connectivity index (χ0) is 24.6. The molecule has 5 rings (SSSR count). The fourth-order valence-electron chi connectivity index (χ4n) is 5.05. The molecule has 0 radical (unpaired) electrons. The molecule has 0 spiro atoms. The molecule has 0 atom stereocenters. The molecule has 2 aliphatic heterocycles. The van der Waals surface area contributed by atoms with Gasteiger partial charge in [-0.3, -0.25) is 4.90 Å². The number of carbonyl (C=O) groups is 1. The third-order valence-corrected chi connectivity index (χ3v) is 6.63. The van der Waals surface area contributed by atoms with Crippen LogP contribution in [0, 0.1) is 0 Å². The molecule has 1 amide bonds. The Kier molecular flexibility index (Phi) is 6.06. The Labute approximate surface area is 204 Å². The lowest BCUT2D eigenvalue weighted by Crippen LogP contribution is -2.37. The topological polar surface area (TPSA) is 142 Å². The van der Waals surface area contributed by atoms with Crippen molar-refractivity contribution in [1.29, 1.82) is 0 Å². The normalized spacial score (nSPS) is 15.3. The van der Waals surface area contributed by atoms with Crippen LogP contribution in [0.5, 0.6) is 5.88 Å². The van der Waals surface area contributed by atoms with Gasteiger partial charge in [0.05, 0.1) is 13.2 Å². The van der Waals surface area contributed by atoms with E-state index in [2.05, 4.69) is 29.1 Å². The third-order valence-electron chi connectivity index (χ3n) is 6.63. The van der Waals surface area contributed by atoms with Gasteiger partial charge in [-0.25, -0.2) is 14.8 Å². The summed E-state index contributed by atoms with van der Waals surface area (Å²) >= 11 is 0. The molecule has 0 aliphatic carbocycles. The number of rotatable bonds is 8. The fourth-order valence-corrected chi connectivity index (χ4v) is 5.05. The molecular weight excluding hydrogens is 446 g/mol. The lowest BCUT2D eigenvalue weighted by atomic mass is 9.80. The summed E-state index contributed by atoms with van der Waals surface area (Å²) in [6, 6.07) is 5.71. The van der Waals surface area contributed by atoms with E-state index in [1.807, 2.05) is 18.2 Å². The minimum atomic E-state index is -0.434. The molecule has 184 valence electrons. The second-order valence-electron chi connectivity index (χ2n) is 9.14. The van der Waals surface area contributed by atoms with E-state index in [-0.39, 0.29) is 0 Å². The Morgan fingerprint density at radius 1 is 1.09 bits per heavy atom. The van der Waals surface area contributed by atoms with E-state index in [0.717, 1.165) is 48.6 Å². The standard InChI is InChI=1S/C25H31N7O3/c1-3-6-25(27,7-4-2)18-13-20(30-23-16(18)5-9-34-23)29-19-11-15-12-21(32-8-10-35-24(32)33)31-22(26)17(15)14-28-19/h11-14H,3-10,27H2,1-2H3,(H2,26,31)(H,28,29,30). The Balaban J connectivity index is 1.51. The number of hydrogen-bond acceptors (Lipinski definition) is 9. The van der Waals surface area contributed by atoms with Gasteiger partial charge in [0, 0.05) is 29.1 Å². The molecule has 1 fully saturated rings. The van der Waals surface area contributed by atoms with Crippen molar-refractivity contribution >= 4 is 40.1 Å². The molecule has 0 saturated carbocycles. The fraction of sp³-hybridized carbons (Fsp3) is 0.440. The van der Waals surface area contributed by atoms with Gasteiger partial charge >= 0.3 is 6.09 Å². The molecule has 35 heavy (non-hydrogen) atoms. The average molecular weight is 478 g/mol. The number of ether oxygens (including phenoxy) is 2. The summed E-state index contributed by atoms with van der Waals surface area (Å²) in [5, 5.41) is 4.81. The SMILES string of the molecule is CCCC(N)(CCC)c1cc(Nc2cc3cc(N4CCOC4=O)nc(N)c3cn2)nc2c1CCO2. The summed E-state index contributed by atoms with van der Waals surface area (Å²) in [4.78, 5) is 27.0. The number of nitrogens with two attached hydrogens (primary N) is 2. The zero-order valence-corrected chi connectivity index (χ0v) is 20.1. The van der Waals surface area contributed by atoms with Gasteiger partial charge in [0.15, 0.2) is 0 Å². The molecule has 3 aromatic rings. The van der Waals surface area contributed by atoms with Crippen LogP contribution in [0.25, 0.3) is 10.8 Å². The van der Waals surface area contributed by atoms with Crippen LogP contribution >= 0.6 is 0 Å². The molecule has 5 heterocycles. The van der Waals surface area contributed by atoms with Gasteiger partial charge in [0.2, 0.25) is 5.88 Å². The first-order valence-corrected chi connectivity index (χ1v) is 12.2. The highest BCUT2D eigenvalue weighted by Crippen LogP contribution is 2.39. The number of carbonyl (C=O) groups excluding carboxylic acids is 1. The lowest BCUT2D eigenvalue weighted by Gasteiger charge is -2.31. The molecule has 5 N–H and O–H groups in total. The van der Waals surface area contributed by atoms with Crippen LogP contribution < -0.4 is 26.4 Å². The number of nitrogens with zero attached hydrogens (tertiary/aromatic N) is 4. The van der Waals surface area contributed by atoms with Gasteiger partial charge in [0.1, 0.15) is 29.9 Å². The van der Waals surface area contributed by atoms with Gasteiger partial charge in [-0.15, -0.1) is 0 Å². The number of amides is 1. The van der Waals surface area contributed by atoms with Crippen LogP contribution in [-0.2, 0) is 16.7 Å². The first kappa shape index (κ1) is 23.1. The van der Waals surface area contributed by atoms with Gasteiger partial charge in [-0.2, -0.15) is 4.98 Å². The van der Waals surface area contributed by atoms with E-state index < -0.39 is 11.6 Å². The minimum absolute atomic E-state index is 0.301. The van der Waals surface area contributed by atoms with E-state index in [1.165, 1.54) is 4.90 Å². The van der Waals surface area contributed by atoms with Crippen LogP contribution in [0.1, 0.15) is 50.7 Å². The Morgan fingerprint density at radius 3 is 2.60 bits per heavy atom. The molecule has 1 saturated heterocycles.